The minimum atomic E-state index is -0.362. The first-order chi connectivity index (χ1) is 8.06. The number of anilines is 1. The molecule has 0 atom stereocenters. The van der Waals surface area contributed by atoms with Gasteiger partial charge >= 0.3 is 0 Å². The summed E-state index contributed by atoms with van der Waals surface area (Å²) in [5.74, 6) is 0.155. The Bertz CT molecular complexity index is 566. The second-order valence-corrected chi connectivity index (χ2v) is 4.32. The lowest BCUT2D eigenvalue weighted by molar-refractivity contribution is 0.0994. The van der Waals surface area contributed by atoms with E-state index in [0.717, 1.165) is 11.3 Å². The molecule has 0 aliphatic heterocycles. The predicted molar refractivity (Wildman–Crippen MR) is 65.9 cm³/mol. The van der Waals surface area contributed by atoms with Crippen molar-refractivity contribution in [3.05, 3.63) is 40.0 Å². The Morgan fingerprint density at radius 1 is 1.47 bits per heavy atom. The molecule has 0 radical (unpaired) electrons. The molecule has 5 nitrogen and oxygen atoms in total. The highest BCUT2D eigenvalue weighted by Gasteiger charge is 2.15. The van der Waals surface area contributed by atoms with Crippen LogP contribution in [0.3, 0.4) is 0 Å². The van der Waals surface area contributed by atoms with E-state index < -0.39 is 0 Å². The van der Waals surface area contributed by atoms with E-state index in [-0.39, 0.29) is 17.6 Å². The number of aryl methyl sites for hydroxylation is 2. The van der Waals surface area contributed by atoms with E-state index >= 15 is 0 Å². The smallest absolute Gasteiger partial charge is 0.294 e. The van der Waals surface area contributed by atoms with Crippen LogP contribution in [0.25, 0.3) is 0 Å². The molecular formula is C11H10BrN3O2. The summed E-state index contributed by atoms with van der Waals surface area (Å²) < 4.78 is 5.75. The Morgan fingerprint density at radius 2 is 2.24 bits per heavy atom. The number of furan rings is 1. The number of halogens is 1. The van der Waals surface area contributed by atoms with Gasteiger partial charge in [0.1, 0.15) is 0 Å². The van der Waals surface area contributed by atoms with Crippen molar-refractivity contribution in [1.29, 1.82) is 0 Å². The van der Waals surface area contributed by atoms with Crippen LogP contribution in [-0.2, 0) is 0 Å². The number of hydrogen-bond donors (Lipinski definition) is 1. The maximum absolute atomic E-state index is 11.9. The molecule has 88 valence electrons. The predicted octanol–water partition coefficient (Wildman–Crippen LogP) is 2.70. The van der Waals surface area contributed by atoms with Gasteiger partial charge in [0.05, 0.1) is 0 Å². The van der Waals surface area contributed by atoms with Gasteiger partial charge in [-0.05, 0) is 41.9 Å². The van der Waals surface area contributed by atoms with Crippen molar-refractivity contribution in [2.24, 2.45) is 0 Å². The van der Waals surface area contributed by atoms with Gasteiger partial charge in [-0.25, -0.2) is 9.97 Å². The monoisotopic (exact) mass is 295 g/mol. The van der Waals surface area contributed by atoms with Crippen LogP contribution < -0.4 is 5.32 Å². The molecule has 0 aromatic carbocycles. The molecule has 1 amide bonds. The second-order valence-electron chi connectivity index (χ2n) is 3.54. The first-order valence-electron chi connectivity index (χ1n) is 4.93. The van der Waals surface area contributed by atoms with Gasteiger partial charge in [0.15, 0.2) is 10.4 Å². The van der Waals surface area contributed by atoms with E-state index in [1.165, 1.54) is 0 Å². The number of aromatic nitrogens is 2. The van der Waals surface area contributed by atoms with Crippen molar-refractivity contribution in [2.75, 3.05) is 5.32 Å². The Morgan fingerprint density at radius 3 is 2.82 bits per heavy atom. The van der Waals surface area contributed by atoms with Crippen LogP contribution in [-0.4, -0.2) is 15.9 Å². The molecule has 0 bridgehead atoms. The zero-order valence-electron chi connectivity index (χ0n) is 9.32. The number of hydrogen-bond acceptors (Lipinski definition) is 4. The van der Waals surface area contributed by atoms with Gasteiger partial charge in [-0.3, -0.25) is 10.1 Å². The largest absolute Gasteiger partial charge is 0.444 e. The number of amides is 1. The van der Waals surface area contributed by atoms with Crippen LogP contribution in [0.15, 0.2) is 27.4 Å². The minimum Gasteiger partial charge on any atom is -0.444 e. The Labute approximate surface area is 106 Å². The summed E-state index contributed by atoms with van der Waals surface area (Å²) >= 11 is 3.17. The van der Waals surface area contributed by atoms with Gasteiger partial charge in [-0.15, -0.1) is 0 Å². The summed E-state index contributed by atoms with van der Waals surface area (Å²) in [6, 6.07) is 3.48. The van der Waals surface area contributed by atoms with Crippen molar-refractivity contribution in [3.8, 4) is 0 Å². The summed E-state index contributed by atoms with van der Waals surface area (Å²) in [4.78, 5) is 19.9. The third kappa shape index (κ3) is 2.71. The van der Waals surface area contributed by atoms with E-state index in [1.807, 2.05) is 6.92 Å². The second kappa shape index (κ2) is 4.67. The fraction of sp³-hybridized carbons (Fsp3) is 0.182. The standard InChI is InChI=1S/C11H10BrN3O2/c1-6-5-8(12)17-9(6)10(16)15-11-13-4-3-7(2)14-11/h3-5H,1-2H3,(H,13,14,15,16). The van der Waals surface area contributed by atoms with Gasteiger partial charge in [0, 0.05) is 17.5 Å². The number of carbonyl (C=O) groups excluding carboxylic acids is 1. The highest BCUT2D eigenvalue weighted by Crippen LogP contribution is 2.20. The molecule has 0 unspecified atom stereocenters. The molecule has 2 aromatic heterocycles. The quantitative estimate of drug-likeness (QED) is 0.925. The van der Waals surface area contributed by atoms with Gasteiger partial charge in [-0.1, -0.05) is 0 Å². The lowest BCUT2D eigenvalue weighted by Crippen LogP contribution is -2.14. The minimum absolute atomic E-state index is 0.252. The maximum atomic E-state index is 11.9. The van der Waals surface area contributed by atoms with Gasteiger partial charge < -0.3 is 4.42 Å². The van der Waals surface area contributed by atoms with Crippen LogP contribution in [0.4, 0.5) is 5.95 Å². The van der Waals surface area contributed by atoms with E-state index in [1.54, 1.807) is 25.3 Å². The molecule has 0 fully saturated rings. The normalized spacial score (nSPS) is 10.3. The fourth-order valence-electron chi connectivity index (χ4n) is 1.34. The van der Waals surface area contributed by atoms with E-state index in [9.17, 15) is 4.79 Å². The molecule has 0 saturated heterocycles. The number of nitrogens with one attached hydrogen (secondary N) is 1. The molecule has 0 aliphatic rings. The Balaban J connectivity index is 2.20. The average Bonchev–Trinajstić information content (AvgIpc) is 2.58. The van der Waals surface area contributed by atoms with Crippen LogP contribution in [0, 0.1) is 13.8 Å². The molecule has 17 heavy (non-hydrogen) atoms. The van der Waals surface area contributed by atoms with Gasteiger partial charge in [-0.2, -0.15) is 0 Å². The Hall–Kier alpha value is -1.69. The molecule has 1 N–H and O–H groups in total. The number of carbonyl (C=O) groups is 1. The van der Waals surface area contributed by atoms with Crippen molar-refractivity contribution in [1.82, 2.24) is 9.97 Å². The van der Waals surface area contributed by atoms with Crippen LogP contribution in [0.2, 0.25) is 0 Å². The van der Waals surface area contributed by atoms with Crippen molar-refractivity contribution >= 4 is 27.8 Å². The highest BCUT2D eigenvalue weighted by atomic mass is 79.9. The third-order valence-electron chi connectivity index (χ3n) is 2.11. The van der Waals surface area contributed by atoms with Gasteiger partial charge in [0.25, 0.3) is 5.91 Å². The van der Waals surface area contributed by atoms with Crippen LogP contribution in [0.1, 0.15) is 21.8 Å². The van der Waals surface area contributed by atoms with E-state index in [2.05, 4.69) is 31.2 Å². The van der Waals surface area contributed by atoms with Crippen LogP contribution >= 0.6 is 15.9 Å². The molecule has 0 saturated carbocycles. The van der Waals surface area contributed by atoms with Crippen LogP contribution in [0.5, 0.6) is 0 Å². The first kappa shape index (κ1) is 11.8. The van der Waals surface area contributed by atoms with Gasteiger partial charge in [0.2, 0.25) is 5.95 Å². The first-order valence-corrected chi connectivity index (χ1v) is 5.72. The van der Waals surface area contributed by atoms with Crippen molar-refractivity contribution < 1.29 is 9.21 Å². The summed E-state index contributed by atoms with van der Waals surface area (Å²) in [6.07, 6.45) is 1.59. The molecular weight excluding hydrogens is 286 g/mol. The molecule has 2 aromatic rings. The topological polar surface area (TPSA) is 68.0 Å². The fourth-order valence-corrected chi connectivity index (χ4v) is 1.84. The lowest BCUT2D eigenvalue weighted by Gasteiger charge is -2.02. The summed E-state index contributed by atoms with van der Waals surface area (Å²) in [5.41, 5.74) is 1.54. The molecule has 2 rings (SSSR count). The van der Waals surface area contributed by atoms with Crippen molar-refractivity contribution in [3.63, 3.8) is 0 Å². The summed E-state index contributed by atoms with van der Waals surface area (Å²) in [6.45, 7) is 3.62. The molecule has 2 heterocycles. The van der Waals surface area contributed by atoms with E-state index in [4.69, 9.17) is 4.42 Å². The number of rotatable bonds is 2. The average molecular weight is 296 g/mol. The number of nitrogens with zero attached hydrogens (tertiary/aromatic N) is 2. The molecule has 6 heteroatoms. The Kier molecular flexibility index (Phi) is 3.23. The molecule has 0 spiro atoms. The summed E-state index contributed by atoms with van der Waals surface area (Å²) in [7, 11) is 0. The lowest BCUT2D eigenvalue weighted by atomic mass is 10.3. The zero-order chi connectivity index (χ0) is 12.4. The SMILES string of the molecule is Cc1ccnc(NC(=O)c2oc(Br)cc2C)n1. The van der Waals surface area contributed by atoms with Crippen molar-refractivity contribution in [2.45, 2.75) is 13.8 Å². The summed E-state index contributed by atoms with van der Waals surface area (Å²) in [5, 5.41) is 2.58. The van der Waals surface area contributed by atoms with E-state index in [0.29, 0.717) is 4.67 Å². The molecule has 0 aliphatic carbocycles. The highest BCUT2D eigenvalue weighted by molar-refractivity contribution is 9.10. The third-order valence-corrected chi connectivity index (χ3v) is 2.50. The zero-order valence-corrected chi connectivity index (χ0v) is 10.9. The maximum Gasteiger partial charge on any atom is 0.294 e.